The molecule has 0 saturated carbocycles. The van der Waals surface area contributed by atoms with Crippen LogP contribution in [0.5, 0.6) is 5.75 Å². The van der Waals surface area contributed by atoms with Crippen LogP contribution in [0.4, 0.5) is 24.5 Å². The number of hydrogen-bond acceptors (Lipinski definition) is 4. The number of nitrogens with one attached hydrogen (secondary N) is 1. The number of anilines is 2. The average Bonchev–Trinajstić information content (AvgIpc) is 2.72. The summed E-state index contributed by atoms with van der Waals surface area (Å²) < 4.78 is 54.9. The molecule has 4 rings (SSSR count). The van der Waals surface area contributed by atoms with Crippen LogP contribution >= 0.6 is 0 Å². The Kier molecular flexibility index (Phi) is 7.05. The number of fused-ring (bicyclic) bond motifs is 1. The number of halogens is 3. The van der Waals surface area contributed by atoms with Crippen LogP contribution in [0, 0.1) is 30.3 Å². The fourth-order valence-corrected chi connectivity index (χ4v) is 5.71. The highest BCUT2D eigenvalue weighted by Gasteiger charge is 2.40. The molecule has 0 spiro atoms. The highest BCUT2D eigenvalue weighted by molar-refractivity contribution is 6.01. The molecule has 2 amide bonds. The maximum Gasteiger partial charge on any atom is 0.268 e. The van der Waals surface area contributed by atoms with Crippen molar-refractivity contribution in [1.29, 1.82) is 0 Å². The average molecular weight is 519 g/mol. The Hall–Kier alpha value is -3.07. The molecule has 0 radical (unpaired) electrons. The summed E-state index contributed by atoms with van der Waals surface area (Å²) in [7, 11) is 0. The van der Waals surface area contributed by atoms with Gasteiger partial charge in [0.2, 0.25) is 5.91 Å². The summed E-state index contributed by atoms with van der Waals surface area (Å²) >= 11 is 0. The van der Waals surface area contributed by atoms with Gasteiger partial charge in [-0.25, -0.2) is 13.2 Å². The van der Waals surface area contributed by atoms with Crippen LogP contribution in [0.25, 0.3) is 0 Å². The minimum atomic E-state index is -1.03. The first-order valence-corrected chi connectivity index (χ1v) is 12.4. The van der Waals surface area contributed by atoms with Crippen LogP contribution in [0.3, 0.4) is 0 Å². The second-order valence-corrected chi connectivity index (χ2v) is 11.3. The molecule has 1 atom stereocenters. The van der Waals surface area contributed by atoms with Crippen molar-refractivity contribution in [2.75, 3.05) is 10.2 Å². The lowest BCUT2D eigenvalue weighted by atomic mass is 9.79. The molecule has 0 aliphatic carbocycles. The molecule has 37 heavy (non-hydrogen) atoms. The summed E-state index contributed by atoms with van der Waals surface area (Å²) in [5.74, 6) is -3.29. The van der Waals surface area contributed by atoms with Crippen molar-refractivity contribution in [2.24, 2.45) is 5.92 Å². The molecule has 1 N–H and O–H groups in total. The molecule has 1 unspecified atom stereocenters. The van der Waals surface area contributed by atoms with Gasteiger partial charge in [0.05, 0.1) is 29.1 Å². The first kappa shape index (κ1) is 27.0. The van der Waals surface area contributed by atoms with Crippen LogP contribution in [-0.4, -0.2) is 29.1 Å². The molecular weight excluding hydrogens is 485 g/mol. The van der Waals surface area contributed by atoms with E-state index in [2.05, 4.69) is 5.32 Å². The van der Waals surface area contributed by atoms with Gasteiger partial charge in [-0.2, -0.15) is 0 Å². The number of carbonyl (C=O) groups excluding carboxylic acids is 2. The minimum Gasteiger partial charge on any atom is -0.476 e. The van der Waals surface area contributed by atoms with Gasteiger partial charge in [-0.1, -0.05) is 0 Å². The van der Waals surface area contributed by atoms with E-state index in [1.807, 2.05) is 27.7 Å². The molecule has 1 saturated heterocycles. The predicted octanol–water partition coefficient (Wildman–Crippen LogP) is 6.04. The number of ether oxygens (including phenoxy) is 2. The third-order valence-electron chi connectivity index (χ3n) is 6.71. The van der Waals surface area contributed by atoms with E-state index in [9.17, 15) is 18.4 Å². The van der Waals surface area contributed by atoms with Crippen LogP contribution in [0.2, 0.25) is 0 Å². The zero-order valence-electron chi connectivity index (χ0n) is 22.0. The van der Waals surface area contributed by atoms with Crippen molar-refractivity contribution >= 4 is 23.2 Å². The zero-order valence-corrected chi connectivity index (χ0v) is 22.0. The van der Waals surface area contributed by atoms with Crippen molar-refractivity contribution in [2.45, 2.75) is 84.7 Å². The van der Waals surface area contributed by atoms with E-state index >= 15 is 4.39 Å². The highest BCUT2D eigenvalue weighted by atomic mass is 19.1. The first-order chi connectivity index (χ1) is 17.1. The van der Waals surface area contributed by atoms with Gasteiger partial charge in [-0.15, -0.1) is 0 Å². The molecule has 2 aromatic rings. The summed E-state index contributed by atoms with van der Waals surface area (Å²) in [5, 5.41) is 2.70. The van der Waals surface area contributed by atoms with Gasteiger partial charge in [0.1, 0.15) is 11.6 Å². The quantitative estimate of drug-likeness (QED) is 0.524. The molecule has 2 aromatic carbocycles. The van der Waals surface area contributed by atoms with E-state index in [4.69, 9.17) is 9.47 Å². The number of aryl methyl sites for hydroxylation is 1. The number of amides is 2. The Bertz CT molecular complexity index is 1210. The summed E-state index contributed by atoms with van der Waals surface area (Å²) in [5.41, 5.74) is -0.0299. The van der Waals surface area contributed by atoms with Gasteiger partial charge in [-0.3, -0.25) is 9.59 Å². The van der Waals surface area contributed by atoms with Crippen LogP contribution in [0.15, 0.2) is 24.3 Å². The fourth-order valence-electron chi connectivity index (χ4n) is 5.71. The molecule has 1 fully saturated rings. The summed E-state index contributed by atoms with van der Waals surface area (Å²) in [6, 6.07) is 4.51. The lowest BCUT2D eigenvalue weighted by Gasteiger charge is -2.45. The van der Waals surface area contributed by atoms with Gasteiger partial charge < -0.3 is 19.7 Å². The number of hydrogen-bond donors (Lipinski definition) is 1. The standard InChI is InChI=1S/C28H33F3N2O4/c1-15-7-21-25(36-16(2)26(35)33(21)14-17-8-19(29)11-20(30)9-17)23(31)24(15)32-22(34)10-18-12-27(3,4)37-28(5,6)13-18/h7-9,11,16,18H,10,12-14H2,1-6H3,(H,32,34). The molecule has 0 bridgehead atoms. The van der Waals surface area contributed by atoms with Crippen molar-refractivity contribution < 1.29 is 32.2 Å². The summed E-state index contributed by atoms with van der Waals surface area (Å²) in [6.07, 6.45) is 0.583. The Morgan fingerprint density at radius 2 is 1.65 bits per heavy atom. The smallest absolute Gasteiger partial charge is 0.268 e. The van der Waals surface area contributed by atoms with E-state index in [0.29, 0.717) is 18.4 Å². The van der Waals surface area contributed by atoms with E-state index < -0.39 is 29.5 Å². The fraction of sp³-hybridized carbons (Fsp3) is 0.500. The molecule has 2 heterocycles. The number of carbonyl (C=O) groups is 2. The van der Waals surface area contributed by atoms with E-state index in [-0.39, 0.29) is 58.7 Å². The Labute approximate surface area is 215 Å². The number of benzene rings is 2. The first-order valence-electron chi connectivity index (χ1n) is 12.4. The zero-order chi connectivity index (χ0) is 27.3. The van der Waals surface area contributed by atoms with Gasteiger partial charge in [0, 0.05) is 12.5 Å². The molecule has 9 heteroatoms. The minimum absolute atomic E-state index is 0.0207. The second kappa shape index (κ2) is 9.67. The number of rotatable bonds is 5. The normalized spacial score (nSPS) is 20.8. The lowest BCUT2D eigenvalue weighted by molar-refractivity contribution is -0.173. The highest BCUT2D eigenvalue weighted by Crippen LogP contribution is 2.43. The van der Waals surface area contributed by atoms with Crippen LogP contribution in [0.1, 0.15) is 65.0 Å². The predicted molar refractivity (Wildman–Crippen MR) is 134 cm³/mol. The van der Waals surface area contributed by atoms with Crippen molar-refractivity contribution in [3.05, 3.63) is 52.8 Å². The van der Waals surface area contributed by atoms with E-state index in [1.165, 1.54) is 17.9 Å². The molecule has 6 nitrogen and oxygen atoms in total. The molecule has 0 aromatic heterocycles. The largest absolute Gasteiger partial charge is 0.476 e. The Morgan fingerprint density at radius 1 is 1.05 bits per heavy atom. The van der Waals surface area contributed by atoms with Gasteiger partial charge in [0.15, 0.2) is 17.7 Å². The van der Waals surface area contributed by atoms with Crippen LogP contribution in [-0.2, 0) is 20.9 Å². The lowest BCUT2D eigenvalue weighted by Crippen LogP contribution is -2.46. The van der Waals surface area contributed by atoms with Crippen LogP contribution < -0.4 is 15.0 Å². The summed E-state index contributed by atoms with van der Waals surface area (Å²) in [6.45, 7) is 10.9. The molecular formula is C28H33F3N2O4. The maximum absolute atomic E-state index is 15.7. The second-order valence-electron chi connectivity index (χ2n) is 11.3. The van der Waals surface area contributed by atoms with Crippen molar-refractivity contribution in [1.82, 2.24) is 0 Å². The molecule has 2 aliphatic heterocycles. The monoisotopic (exact) mass is 518 g/mol. The summed E-state index contributed by atoms with van der Waals surface area (Å²) in [4.78, 5) is 27.1. The van der Waals surface area contributed by atoms with E-state index in [0.717, 1.165) is 18.2 Å². The topological polar surface area (TPSA) is 67.9 Å². The number of nitrogens with zero attached hydrogens (tertiary/aromatic N) is 1. The van der Waals surface area contributed by atoms with Crippen molar-refractivity contribution in [3.8, 4) is 5.75 Å². The van der Waals surface area contributed by atoms with Gasteiger partial charge in [-0.05, 0) is 89.6 Å². The Morgan fingerprint density at radius 3 is 2.24 bits per heavy atom. The van der Waals surface area contributed by atoms with Gasteiger partial charge in [0.25, 0.3) is 5.91 Å². The van der Waals surface area contributed by atoms with E-state index in [1.54, 1.807) is 6.92 Å². The van der Waals surface area contributed by atoms with Crippen molar-refractivity contribution in [3.63, 3.8) is 0 Å². The third-order valence-corrected chi connectivity index (χ3v) is 6.71. The third kappa shape index (κ3) is 5.92. The van der Waals surface area contributed by atoms with Gasteiger partial charge >= 0.3 is 0 Å². The Balaban J connectivity index is 1.59. The SMILES string of the molecule is Cc1cc2c(c(F)c1NC(=O)CC1CC(C)(C)OC(C)(C)C1)OC(C)C(=O)N2Cc1cc(F)cc(F)c1. The maximum atomic E-state index is 15.7. The molecule has 200 valence electrons. The molecule has 2 aliphatic rings.